The highest BCUT2D eigenvalue weighted by Gasteiger charge is 2.24. The lowest BCUT2D eigenvalue weighted by atomic mass is 9.82. The van der Waals surface area contributed by atoms with Crippen LogP contribution in [-0.4, -0.2) is 17.1 Å². The molecule has 1 N–H and O–H groups in total. The minimum Gasteiger partial charge on any atom is -0.490 e. The Labute approximate surface area is 174 Å². The van der Waals surface area contributed by atoms with E-state index in [0.29, 0.717) is 18.4 Å². The van der Waals surface area contributed by atoms with Crippen LogP contribution in [0.3, 0.4) is 0 Å². The minimum absolute atomic E-state index is 0.0563. The molecule has 0 fully saturated rings. The molecule has 4 nitrogen and oxygen atoms in total. The fourth-order valence-corrected chi connectivity index (χ4v) is 3.54. The van der Waals surface area contributed by atoms with Crippen molar-refractivity contribution in [3.8, 4) is 11.5 Å². The summed E-state index contributed by atoms with van der Waals surface area (Å²) in [5, 5.41) is 4.14. The Balaban J connectivity index is 2.03. The number of nitrogens with zero attached hydrogens (tertiary/aromatic N) is 1. The molecule has 0 saturated carbocycles. The second kappa shape index (κ2) is 9.62. The molecular weight excluding hydrogens is 372 g/mol. The number of aromatic nitrogens is 1. The van der Waals surface area contributed by atoms with E-state index < -0.39 is 0 Å². The highest BCUT2D eigenvalue weighted by atomic mass is 35.5. The van der Waals surface area contributed by atoms with Crippen molar-refractivity contribution in [3.05, 3.63) is 52.8 Å². The predicted octanol–water partition coefficient (Wildman–Crippen LogP) is 6.02. The second-order valence-corrected chi connectivity index (χ2v) is 9.35. The minimum atomic E-state index is 0.0563. The van der Waals surface area contributed by atoms with Crippen molar-refractivity contribution in [2.45, 2.75) is 66.7 Å². The SMILES string of the molecule is CCOc1cc(CNC(C)(C)CC(C)(C)C)ccc1OCc1ccc(Cl)nc1. The first kappa shape index (κ1) is 22.5. The Kier molecular flexibility index (Phi) is 7.73. The van der Waals surface area contributed by atoms with Gasteiger partial charge in [0.2, 0.25) is 0 Å². The largest absolute Gasteiger partial charge is 0.490 e. The van der Waals surface area contributed by atoms with Crippen LogP contribution in [0.25, 0.3) is 0 Å². The molecule has 5 heteroatoms. The fraction of sp³-hybridized carbons (Fsp3) is 0.522. The lowest BCUT2D eigenvalue weighted by molar-refractivity contribution is 0.240. The van der Waals surface area contributed by atoms with Gasteiger partial charge in [0, 0.05) is 23.8 Å². The van der Waals surface area contributed by atoms with E-state index in [0.717, 1.165) is 30.0 Å². The molecule has 0 radical (unpaired) electrons. The Hall–Kier alpha value is -1.78. The summed E-state index contributed by atoms with van der Waals surface area (Å²) >= 11 is 5.83. The number of rotatable bonds is 9. The number of ether oxygens (including phenoxy) is 2. The molecule has 1 aromatic heterocycles. The van der Waals surface area contributed by atoms with E-state index in [1.165, 1.54) is 5.56 Å². The van der Waals surface area contributed by atoms with Crippen molar-refractivity contribution in [2.75, 3.05) is 6.61 Å². The maximum Gasteiger partial charge on any atom is 0.161 e. The summed E-state index contributed by atoms with van der Waals surface area (Å²) in [5.74, 6) is 1.49. The van der Waals surface area contributed by atoms with Crippen molar-refractivity contribution in [1.29, 1.82) is 0 Å². The van der Waals surface area contributed by atoms with Gasteiger partial charge >= 0.3 is 0 Å². The molecule has 0 bridgehead atoms. The van der Waals surface area contributed by atoms with Crippen molar-refractivity contribution in [1.82, 2.24) is 10.3 Å². The van der Waals surface area contributed by atoms with E-state index in [2.05, 4.69) is 57.1 Å². The smallest absolute Gasteiger partial charge is 0.161 e. The van der Waals surface area contributed by atoms with Crippen molar-refractivity contribution >= 4 is 11.6 Å². The van der Waals surface area contributed by atoms with Crippen molar-refractivity contribution in [3.63, 3.8) is 0 Å². The van der Waals surface area contributed by atoms with Gasteiger partial charge in [0.1, 0.15) is 11.8 Å². The Morgan fingerprint density at radius 1 is 0.964 bits per heavy atom. The molecule has 2 aromatic rings. The van der Waals surface area contributed by atoms with Gasteiger partial charge < -0.3 is 14.8 Å². The van der Waals surface area contributed by atoms with Gasteiger partial charge in [0.05, 0.1) is 6.61 Å². The van der Waals surface area contributed by atoms with Crippen LogP contribution >= 0.6 is 11.6 Å². The highest BCUT2D eigenvalue weighted by Crippen LogP contribution is 2.30. The van der Waals surface area contributed by atoms with Crippen LogP contribution in [-0.2, 0) is 13.2 Å². The lowest BCUT2D eigenvalue weighted by Gasteiger charge is -2.33. The first-order chi connectivity index (χ1) is 13.1. The van der Waals surface area contributed by atoms with Crippen LogP contribution < -0.4 is 14.8 Å². The van der Waals surface area contributed by atoms with E-state index in [1.807, 2.05) is 19.1 Å². The van der Waals surface area contributed by atoms with Gasteiger partial charge in [-0.05, 0) is 56.4 Å². The van der Waals surface area contributed by atoms with E-state index in [9.17, 15) is 0 Å². The molecule has 2 rings (SSSR count). The summed E-state index contributed by atoms with van der Waals surface area (Å²) < 4.78 is 11.8. The average Bonchev–Trinajstić information content (AvgIpc) is 2.59. The summed E-state index contributed by atoms with van der Waals surface area (Å²) in [7, 11) is 0. The van der Waals surface area contributed by atoms with Crippen LogP contribution in [0.15, 0.2) is 36.5 Å². The molecule has 0 atom stereocenters. The van der Waals surface area contributed by atoms with Crippen molar-refractivity contribution in [2.24, 2.45) is 5.41 Å². The van der Waals surface area contributed by atoms with E-state index in [4.69, 9.17) is 21.1 Å². The van der Waals surface area contributed by atoms with Gasteiger partial charge in [0.15, 0.2) is 11.5 Å². The number of hydrogen-bond donors (Lipinski definition) is 1. The third-order valence-electron chi connectivity index (χ3n) is 4.23. The zero-order valence-corrected chi connectivity index (χ0v) is 18.7. The van der Waals surface area contributed by atoms with Crippen LogP contribution in [0.4, 0.5) is 0 Å². The molecule has 1 aromatic carbocycles. The predicted molar refractivity (Wildman–Crippen MR) is 116 cm³/mol. The number of pyridine rings is 1. The van der Waals surface area contributed by atoms with Gasteiger partial charge in [-0.25, -0.2) is 4.98 Å². The number of hydrogen-bond acceptors (Lipinski definition) is 4. The van der Waals surface area contributed by atoms with Gasteiger partial charge in [-0.1, -0.05) is 44.5 Å². The van der Waals surface area contributed by atoms with E-state index >= 15 is 0 Å². The maximum absolute atomic E-state index is 5.95. The summed E-state index contributed by atoms with van der Waals surface area (Å²) in [5.41, 5.74) is 2.47. The standard InChI is InChI=1S/C23H33ClN2O2/c1-7-27-20-12-17(14-26-23(5,6)16-22(2,3)4)8-10-19(20)28-15-18-9-11-21(24)25-13-18/h8-13,26H,7,14-16H2,1-6H3. The fourth-order valence-electron chi connectivity index (χ4n) is 3.43. The molecule has 1 heterocycles. The van der Waals surface area contributed by atoms with Crippen molar-refractivity contribution < 1.29 is 9.47 Å². The summed E-state index contributed by atoms with van der Waals surface area (Å²) in [4.78, 5) is 4.08. The van der Waals surface area contributed by atoms with Crippen LogP contribution in [0.2, 0.25) is 5.15 Å². The Morgan fingerprint density at radius 3 is 2.29 bits per heavy atom. The third kappa shape index (κ3) is 7.69. The number of benzene rings is 1. The molecule has 0 saturated heterocycles. The Bertz CT molecular complexity index is 752. The molecule has 0 unspecified atom stereocenters. The topological polar surface area (TPSA) is 43.4 Å². The second-order valence-electron chi connectivity index (χ2n) is 8.97. The number of halogens is 1. The molecule has 0 spiro atoms. The zero-order chi connectivity index (χ0) is 20.8. The average molecular weight is 405 g/mol. The first-order valence-electron chi connectivity index (χ1n) is 9.82. The molecule has 28 heavy (non-hydrogen) atoms. The third-order valence-corrected chi connectivity index (χ3v) is 4.46. The van der Waals surface area contributed by atoms with Gasteiger partial charge in [-0.3, -0.25) is 0 Å². The van der Waals surface area contributed by atoms with Crippen LogP contribution in [0.1, 0.15) is 59.1 Å². The lowest BCUT2D eigenvalue weighted by Crippen LogP contribution is -2.41. The van der Waals surface area contributed by atoms with Gasteiger partial charge in [-0.2, -0.15) is 0 Å². The van der Waals surface area contributed by atoms with E-state index in [1.54, 1.807) is 12.3 Å². The highest BCUT2D eigenvalue weighted by molar-refractivity contribution is 6.29. The quantitative estimate of drug-likeness (QED) is 0.519. The van der Waals surface area contributed by atoms with Crippen LogP contribution in [0, 0.1) is 5.41 Å². The summed E-state index contributed by atoms with van der Waals surface area (Å²) in [6.07, 6.45) is 2.81. The van der Waals surface area contributed by atoms with Crippen LogP contribution in [0.5, 0.6) is 11.5 Å². The molecule has 0 aliphatic heterocycles. The molecule has 154 valence electrons. The zero-order valence-electron chi connectivity index (χ0n) is 17.9. The summed E-state index contributed by atoms with van der Waals surface area (Å²) in [6, 6.07) is 9.78. The first-order valence-corrected chi connectivity index (χ1v) is 10.2. The molecule has 0 aliphatic carbocycles. The normalized spacial score (nSPS) is 12.1. The van der Waals surface area contributed by atoms with E-state index in [-0.39, 0.29) is 11.0 Å². The monoisotopic (exact) mass is 404 g/mol. The molecular formula is C23H33ClN2O2. The molecule has 0 amide bonds. The maximum atomic E-state index is 5.95. The molecule has 0 aliphatic rings. The van der Waals surface area contributed by atoms with Gasteiger partial charge in [-0.15, -0.1) is 0 Å². The van der Waals surface area contributed by atoms with Gasteiger partial charge in [0.25, 0.3) is 0 Å². The summed E-state index contributed by atoms with van der Waals surface area (Å²) in [6.45, 7) is 15.1. The number of nitrogens with one attached hydrogen (secondary N) is 1. The Morgan fingerprint density at radius 2 is 1.68 bits per heavy atom.